The first kappa shape index (κ1) is 20.4. The maximum absolute atomic E-state index is 4.86. The van der Waals surface area contributed by atoms with Crippen molar-refractivity contribution in [3.05, 3.63) is 48.0 Å². The van der Waals surface area contributed by atoms with Crippen LogP contribution in [0.25, 0.3) is 0 Å². The van der Waals surface area contributed by atoms with Crippen LogP contribution < -0.4 is 10.6 Å². The second-order valence-electron chi connectivity index (χ2n) is 7.70. The van der Waals surface area contributed by atoms with Crippen LogP contribution in [0.4, 0.5) is 0 Å². The Morgan fingerprint density at radius 1 is 1.21 bits per heavy atom. The van der Waals surface area contributed by atoms with Gasteiger partial charge in [-0.05, 0) is 30.7 Å². The van der Waals surface area contributed by atoms with E-state index in [0.717, 1.165) is 44.3 Å². The normalized spacial score (nSPS) is 20.1. The third-order valence-electron chi connectivity index (χ3n) is 5.60. The molecule has 0 spiro atoms. The first-order valence-corrected chi connectivity index (χ1v) is 10.7. The lowest BCUT2D eigenvalue weighted by Crippen LogP contribution is -2.48. The molecule has 152 valence electrons. The molecule has 1 aromatic heterocycles. The molecular weight excluding hydrogens is 348 g/mol. The molecule has 28 heavy (non-hydrogen) atoms. The highest BCUT2D eigenvalue weighted by Gasteiger charge is 2.22. The zero-order valence-electron chi connectivity index (χ0n) is 17.3. The van der Waals surface area contributed by atoms with E-state index in [0.29, 0.717) is 12.0 Å². The number of benzene rings is 1. The van der Waals surface area contributed by atoms with Crippen LogP contribution >= 0.6 is 0 Å². The van der Waals surface area contributed by atoms with E-state index in [1.165, 1.54) is 31.2 Å². The molecule has 2 atom stereocenters. The van der Waals surface area contributed by atoms with Gasteiger partial charge in [-0.15, -0.1) is 10.2 Å². The highest BCUT2D eigenvalue weighted by Crippen LogP contribution is 2.23. The average Bonchev–Trinajstić information content (AvgIpc) is 3.18. The van der Waals surface area contributed by atoms with Gasteiger partial charge in [0.05, 0.1) is 0 Å². The number of aliphatic imine (C=N–C) groups is 1. The Morgan fingerprint density at radius 3 is 2.82 bits per heavy atom. The van der Waals surface area contributed by atoms with Crippen molar-refractivity contribution in [2.45, 2.75) is 65.0 Å². The molecule has 2 aromatic rings. The largest absolute Gasteiger partial charge is 0.355 e. The van der Waals surface area contributed by atoms with Crippen molar-refractivity contribution in [3.63, 3.8) is 0 Å². The Kier molecular flexibility index (Phi) is 7.88. The van der Waals surface area contributed by atoms with Crippen LogP contribution in [0.3, 0.4) is 0 Å². The van der Waals surface area contributed by atoms with Gasteiger partial charge in [0.25, 0.3) is 0 Å². The van der Waals surface area contributed by atoms with Crippen LogP contribution in [0, 0.1) is 5.92 Å². The van der Waals surface area contributed by atoms with E-state index in [-0.39, 0.29) is 0 Å². The van der Waals surface area contributed by atoms with Gasteiger partial charge in [-0.3, -0.25) is 4.99 Å². The van der Waals surface area contributed by atoms with E-state index < -0.39 is 0 Å². The zero-order valence-corrected chi connectivity index (χ0v) is 17.3. The Hall–Kier alpha value is -2.37. The lowest BCUT2D eigenvalue weighted by atomic mass is 9.86. The Bertz CT molecular complexity index is 724. The van der Waals surface area contributed by atoms with Gasteiger partial charge >= 0.3 is 0 Å². The molecule has 0 aliphatic heterocycles. The molecule has 0 amide bonds. The van der Waals surface area contributed by atoms with Gasteiger partial charge in [0.1, 0.15) is 12.2 Å². The topological polar surface area (TPSA) is 67.1 Å². The number of rotatable bonds is 8. The Labute approximate surface area is 168 Å². The molecular formula is C22H34N6. The molecule has 1 aliphatic rings. The molecule has 2 N–H and O–H groups in total. The van der Waals surface area contributed by atoms with Crippen LogP contribution in [0.15, 0.2) is 41.7 Å². The van der Waals surface area contributed by atoms with Crippen LogP contribution in [0.1, 0.15) is 50.9 Å². The predicted molar refractivity (Wildman–Crippen MR) is 114 cm³/mol. The highest BCUT2D eigenvalue weighted by molar-refractivity contribution is 5.80. The van der Waals surface area contributed by atoms with Crippen molar-refractivity contribution in [1.29, 1.82) is 0 Å². The maximum Gasteiger partial charge on any atom is 0.191 e. The molecule has 0 saturated heterocycles. The van der Waals surface area contributed by atoms with E-state index >= 15 is 0 Å². The lowest BCUT2D eigenvalue weighted by Gasteiger charge is -2.31. The van der Waals surface area contributed by atoms with Crippen molar-refractivity contribution in [1.82, 2.24) is 25.4 Å². The second-order valence-corrected chi connectivity index (χ2v) is 7.70. The summed E-state index contributed by atoms with van der Waals surface area (Å²) in [6.07, 6.45) is 8.85. The third kappa shape index (κ3) is 6.08. The van der Waals surface area contributed by atoms with Gasteiger partial charge in [-0.25, -0.2) is 0 Å². The van der Waals surface area contributed by atoms with E-state index in [1.54, 1.807) is 0 Å². The molecule has 0 radical (unpaired) electrons. The molecule has 1 heterocycles. The second kappa shape index (κ2) is 10.8. The maximum atomic E-state index is 4.86. The quantitative estimate of drug-likeness (QED) is 0.543. The van der Waals surface area contributed by atoms with Gasteiger partial charge < -0.3 is 15.2 Å². The minimum Gasteiger partial charge on any atom is -0.355 e. The molecule has 2 unspecified atom stereocenters. The van der Waals surface area contributed by atoms with Gasteiger partial charge in [-0.2, -0.15) is 0 Å². The summed E-state index contributed by atoms with van der Waals surface area (Å²) in [6, 6.07) is 11.1. The number of hydrogen-bond donors (Lipinski definition) is 2. The van der Waals surface area contributed by atoms with Crippen molar-refractivity contribution in [2.24, 2.45) is 10.9 Å². The summed E-state index contributed by atoms with van der Waals surface area (Å²) < 4.78 is 2.11. The van der Waals surface area contributed by atoms with Gasteiger partial charge in [0, 0.05) is 32.1 Å². The van der Waals surface area contributed by atoms with E-state index in [1.807, 2.05) is 6.33 Å². The van der Waals surface area contributed by atoms with Crippen LogP contribution in [-0.4, -0.2) is 39.9 Å². The molecule has 6 nitrogen and oxygen atoms in total. The fraction of sp³-hybridized carbons (Fsp3) is 0.591. The van der Waals surface area contributed by atoms with Gasteiger partial charge in [0.2, 0.25) is 0 Å². The number of aryl methyl sites for hydroxylation is 1. The number of hydrogen-bond acceptors (Lipinski definition) is 3. The summed E-state index contributed by atoms with van der Waals surface area (Å²) >= 11 is 0. The molecule has 1 fully saturated rings. The van der Waals surface area contributed by atoms with E-state index in [2.05, 4.69) is 69.6 Å². The summed E-state index contributed by atoms with van der Waals surface area (Å²) in [4.78, 5) is 4.86. The SMILES string of the molecule is CCc1nncn1CCNC(=NCCc1ccccc1)NC1CCCCC1C. The summed E-state index contributed by atoms with van der Waals surface area (Å²) in [5, 5.41) is 15.4. The predicted octanol–water partition coefficient (Wildman–Crippen LogP) is 3.20. The van der Waals surface area contributed by atoms with Crippen molar-refractivity contribution in [3.8, 4) is 0 Å². The summed E-state index contributed by atoms with van der Waals surface area (Å²) in [6.45, 7) is 6.89. The molecule has 6 heteroatoms. The zero-order chi connectivity index (χ0) is 19.6. The molecule has 1 aromatic carbocycles. The Morgan fingerprint density at radius 2 is 2.04 bits per heavy atom. The summed E-state index contributed by atoms with van der Waals surface area (Å²) in [5.41, 5.74) is 1.33. The van der Waals surface area contributed by atoms with E-state index in [4.69, 9.17) is 4.99 Å². The summed E-state index contributed by atoms with van der Waals surface area (Å²) in [7, 11) is 0. The molecule has 0 bridgehead atoms. The number of nitrogens with zero attached hydrogens (tertiary/aromatic N) is 4. The van der Waals surface area contributed by atoms with Gasteiger partial charge in [0.15, 0.2) is 5.96 Å². The van der Waals surface area contributed by atoms with Crippen LogP contribution in [0.2, 0.25) is 0 Å². The van der Waals surface area contributed by atoms with Crippen LogP contribution in [0.5, 0.6) is 0 Å². The molecule has 1 saturated carbocycles. The fourth-order valence-electron chi connectivity index (χ4n) is 3.83. The average molecular weight is 383 g/mol. The number of aromatic nitrogens is 3. The van der Waals surface area contributed by atoms with E-state index in [9.17, 15) is 0 Å². The molecule has 3 rings (SSSR count). The number of guanidine groups is 1. The minimum atomic E-state index is 0.512. The Balaban J connectivity index is 1.57. The first-order valence-electron chi connectivity index (χ1n) is 10.7. The lowest BCUT2D eigenvalue weighted by molar-refractivity contribution is 0.306. The summed E-state index contributed by atoms with van der Waals surface area (Å²) in [5.74, 6) is 2.65. The first-order chi connectivity index (χ1) is 13.8. The minimum absolute atomic E-state index is 0.512. The highest BCUT2D eigenvalue weighted by atomic mass is 15.3. The monoisotopic (exact) mass is 382 g/mol. The van der Waals surface area contributed by atoms with Crippen LogP contribution in [-0.2, 0) is 19.4 Å². The third-order valence-corrected chi connectivity index (χ3v) is 5.60. The van der Waals surface area contributed by atoms with Gasteiger partial charge in [-0.1, -0.05) is 57.0 Å². The standard InChI is InChI=1S/C22H34N6/c1-3-21-27-25-17-28(21)16-15-24-22(26-20-12-8-7-9-18(20)2)23-14-13-19-10-5-4-6-11-19/h4-6,10-11,17-18,20H,3,7-9,12-16H2,1-2H3,(H2,23,24,26). The fourth-order valence-corrected chi connectivity index (χ4v) is 3.83. The smallest absolute Gasteiger partial charge is 0.191 e. The van der Waals surface area contributed by atoms with Crippen molar-refractivity contribution >= 4 is 5.96 Å². The van der Waals surface area contributed by atoms with Crippen molar-refractivity contribution < 1.29 is 0 Å². The van der Waals surface area contributed by atoms with Crippen molar-refractivity contribution in [2.75, 3.05) is 13.1 Å². The molecule has 1 aliphatic carbocycles. The number of nitrogens with one attached hydrogen (secondary N) is 2.